The van der Waals surface area contributed by atoms with Crippen molar-refractivity contribution in [3.05, 3.63) is 0 Å². The molecule has 0 saturated heterocycles. The van der Waals surface area contributed by atoms with Gasteiger partial charge in [0.25, 0.3) is 0 Å². The van der Waals surface area contributed by atoms with E-state index in [9.17, 15) is 4.79 Å². The Morgan fingerprint density at radius 1 is 1.29 bits per heavy atom. The predicted octanol–water partition coefficient (Wildman–Crippen LogP) is 1.54. The third-order valence-corrected chi connectivity index (χ3v) is 2.43. The normalized spacial score (nSPS) is 11.4. The molecule has 2 N–H and O–H groups in total. The van der Waals surface area contributed by atoms with E-state index in [1.54, 1.807) is 0 Å². The van der Waals surface area contributed by atoms with Crippen molar-refractivity contribution >= 4 is 5.91 Å². The monoisotopic (exact) mass is 200 g/mol. The summed E-state index contributed by atoms with van der Waals surface area (Å²) in [4.78, 5) is 11.7. The molecular formula is C11H24N2O. The number of hydrogen-bond donors (Lipinski definition) is 2. The zero-order valence-electron chi connectivity index (χ0n) is 9.94. The van der Waals surface area contributed by atoms with E-state index in [0.29, 0.717) is 6.54 Å². The first-order valence-electron chi connectivity index (χ1n) is 5.47. The van der Waals surface area contributed by atoms with E-state index in [1.165, 1.54) is 0 Å². The van der Waals surface area contributed by atoms with Crippen LogP contribution in [0, 0.1) is 5.41 Å². The van der Waals surface area contributed by atoms with Crippen LogP contribution in [0.15, 0.2) is 0 Å². The minimum Gasteiger partial charge on any atom is -0.354 e. The van der Waals surface area contributed by atoms with Gasteiger partial charge in [-0.2, -0.15) is 0 Å². The fourth-order valence-corrected chi connectivity index (χ4v) is 1.27. The van der Waals surface area contributed by atoms with E-state index in [0.717, 1.165) is 25.8 Å². The summed E-state index contributed by atoms with van der Waals surface area (Å²) in [6.07, 6.45) is 3.23. The number of unbranched alkanes of at least 4 members (excludes halogenated alkanes) is 1. The van der Waals surface area contributed by atoms with Gasteiger partial charge in [-0.15, -0.1) is 0 Å². The van der Waals surface area contributed by atoms with Crippen LogP contribution in [-0.2, 0) is 4.79 Å². The second-order valence-corrected chi connectivity index (χ2v) is 4.35. The standard InChI is InChI=1S/C11H24N2O/c1-5-6-7-11(2,3)10(14)13-9-8-12-4/h12H,5-9H2,1-4H3,(H,13,14). The van der Waals surface area contributed by atoms with E-state index in [-0.39, 0.29) is 11.3 Å². The van der Waals surface area contributed by atoms with Gasteiger partial charge in [-0.05, 0) is 13.5 Å². The van der Waals surface area contributed by atoms with Gasteiger partial charge < -0.3 is 10.6 Å². The van der Waals surface area contributed by atoms with Crippen LogP contribution in [-0.4, -0.2) is 26.0 Å². The fraction of sp³-hybridized carbons (Fsp3) is 0.909. The summed E-state index contributed by atoms with van der Waals surface area (Å²) in [5, 5.41) is 5.93. The molecule has 3 nitrogen and oxygen atoms in total. The Bertz CT molecular complexity index is 167. The summed E-state index contributed by atoms with van der Waals surface area (Å²) in [6, 6.07) is 0. The Labute approximate surface area is 87.6 Å². The number of carbonyl (C=O) groups is 1. The van der Waals surface area contributed by atoms with Gasteiger partial charge in [-0.1, -0.05) is 33.6 Å². The van der Waals surface area contributed by atoms with Gasteiger partial charge in [0.15, 0.2) is 0 Å². The molecule has 0 fully saturated rings. The Balaban J connectivity index is 3.82. The molecule has 0 unspecified atom stereocenters. The van der Waals surface area contributed by atoms with Crippen molar-refractivity contribution in [1.29, 1.82) is 0 Å². The van der Waals surface area contributed by atoms with Gasteiger partial charge in [0.2, 0.25) is 5.91 Å². The summed E-state index contributed by atoms with van der Waals surface area (Å²) < 4.78 is 0. The molecule has 0 atom stereocenters. The highest BCUT2D eigenvalue weighted by atomic mass is 16.2. The molecule has 1 amide bonds. The van der Waals surface area contributed by atoms with Gasteiger partial charge in [0.1, 0.15) is 0 Å². The minimum atomic E-state index is -0.219. The van der Waals surface area contributed by atoms with Gasteiger partial charge in [0, 0.05) is 18.5 Å². The van der Waals surface area contributed by atoms with Crippen molar-refractivity contribution in [3.63, 3.8) is 0 Å². The largest absolute Gasteiger partial charge is 0.354 e. The van der Waals surface area contributed by atoms with Crippen molar-refractivity contribution in [2.24, 2.45) is 5.41 Å². The van der Waals surface area contributed by atoms with Crippen LogP contribution in [0.1, 0.15) is 40.0 Å². The number of likely N-dealkylation sites (N-methyl/N-ethyl adjacent to an activating group) is 1. The third kappa shape index (κ3) is 5.22. The molecule has 0 aliphatic rings. The highest BCUT2D eigenvalue weighted by Crippen LogP contribution is 2.22. The molecule has 14 heavy (non-hydrogen) atoms. The van der Waals surface area contributed by atoms with Gasteiger partial charge in [-0.25, -0.2) is 0 Å². The first-order valence-corrected chi connectivity index (χ1v) is 5.47. The summed E-state index contributed by atoms with van der Waals surface area (Å²) in [5.74, 6) is 0.168. The molecule has 0 aromatic rings. The molecule has 0 rings (SSSR count). The summed E-state index contributed by atoms with van der Waals surface area (Å²) in [5.41, 5.74) is -0.219. The Morgan fingerprint density at radius 3 is 2.43 bits per heavy atom. The second-order valence-electron chi connectivity index (χ2n) is 4.35. The van der Waals surface area contributed by atoms with Crippen LogP contribution >= 0.6 is 0 Å². The van der Waals surface area contributed by atoms with E-state index in [1.807, 2.05) is 20.9 Å². The molecule has 3 heteroatoms. The molecule has 0 aliphatic heterocycles. The maximum absolute atomic E-state index is 11.7. The Kier molecular flexibility index (Phi) is 6.54. The van der Waals surface area contributed by atoms with Crippen LogP contribution in [0.2, 0.25) is 0 Å². The fourth-order valence-electron chi connectivity index (χ4n) is 1.27. The minimum absolute atomic E-state index is 0.168. The van der Waals surface area contributed by atoms with Crippen LogP contribution in [0.5, 0.6) is 0 Å². The predicted molar refractivity (Wildman–Crippen MR) is 60.2 cm³/mol. The van der Waals surface area contributed by atoms with Crippen molar-refractivity contribution in [2.75, 3.05) is 20.1 Å². The molecule has 0 saturated carbocycles. The molecular weight excluding hydrogens is 176 g/mol. The summed E-state index contributed by atoms with van der Waals surface area (Å²) in [6.45, 7) is 7.71. The van der Waals surface area contributed by atoms with Gasteiger partial charge in [-0.3, -0.25) is 4.79 Å². The maximum Gasteiger partial charge on any atom is 0.225 e. The molecule has 0 heterocycles. The van der Waals surface area contributed by atoms with Crippen LogP contribution in [0.3, 0.4) is 0 Å². The number of hydrogen-bond acceptors (Lipinski definition) is 2. The Hall–Kier alpha value is -0.570. The highest BCUT2D eigenvalue weighted by Gasteiger charge is 2.25. The van der Waals surface area contributed by atoms with Crippen molar-refractivity contribution in [2.45, 2.75) is 40.0 Å². The van der Waals surface area contributed by atoms with E-state index >= 15 is 0 Å². The smallest absolute Gasteiger partial charge is 0.225 e. The lowest BCUT2D eigenvalue weighted by atomic mass is 9.86. The molecule has 0 spiro atoms. The Morgan fingerprint density at radius 2 is 1.93 bits per heavy atom. The van der Waals surface area contributed by atoms with Gasteiger partial charge in [0.05, 0.1) is 0 Å². The van der Waals surface area contributed by atoms with Crippen LogP contribution in [0.4, 0.5) is 0 Å². The second kappa shape index (κ2) is 6.82. The molecule has 0 aromatic heterocycles. The molecule has 0 aliphatic carbocycles. The summed E-state index contributed by atoms with van der Waals surface area (Å²) >= 11 is 0. The van der Waals surface area contributed by atoms with Crippen LogP contribution in [0.25, 0.3) is 0 Å². The summed E-state index contributed by atoms with van der Waals surface area (Å²) in [7, 11) is 1.88. The lowest BCUT2D eigenvalue weighted by Gasteiger charge is -2.23. The highest BCUT2D eigenvalue weighted by molar-refractivity contribution is 5.81. The molecule has 0 aromatic carbocycles. The van der Waals surface area contributed by atoms with Crippen molar-refractivity contribution < 1.29 is 4.79 Å². The van der Waals surface area contributed by atoms with Crippen molar-refractivity contribution in [3.8, 4) is 0 Å². The van der Waals surface area contributed by atoms with Crippen molar-refractivity contribution in [1.82, 2.24) is 10.6 Å². The SMILES string of the molecule is CCCCC(C)(C)C(=O)NCCNC. The maximum atomic E-state index is 11.7. The topological polar surface area (TPSA) is 41.1 Å². The quantitative estimate of drug-likeness (QED) is 0.612. The number of rotatable bonds is 7. The average molecular weight is 200 g/mol. The first kappa shape index (κ1) is 13.4. The first-order chi connectivity index (χ1) is 6.54. The van der Waals surface area contributed by atoms with E-state index in [4.69, 9.17) is 0 Å². The zero-order chi connectivity index (χ0) is 11.0. The van der Waals surface area contributed by atoms with Crippen LogP contribution < -0.4 is 10.6 Å². The van der Waals surface area contributed by atoms with Gasteiger partial charge >= 0.3 is 0 Å². The number of amides is 1. The third-order valence-electron chi connectivity index (χ3n) is 2.43. The molecule has 84 valence electrons. The zero-order valence-corrected chi connectivity index (χ0v) is 9.94. The van der Waals surface area contributed by atoms with E-state index in [2.05, 4.69) is 17.6 Å². The lowest BCUT2D eigenvalue weighted by Crippen LogP contribution is -2.39. The molecule has 0 radical (unpaired) electrons. The van der Waals surface area contributed by atoms with E-state index < -0.39 is 0 Å². The lowest BCUT2D eigenvalue weighted by molar-refractivity contribution is -0.129. The molecule has 0 bridgehead atoms. The average Bonchev–Trinajstić information content (AvgIpc) is 2.15. The number of carbonyl (C=O) groups excluding carboxylic acids is 1. The number of nitrogens with one attached hydrogen (secondary N) is 2.